The Balaban J connectivity index is 2.21. The van der Waals surface area contributed by atoms with Gasteiger partial charge in [-0.25, -0.2) is 0 Å². The number of hydrogen-bond donors (Lipinski definition) is 1. The summed E-state index contributed by atoms with van der Waals surface area (Å²) in [7, 11) is 0. The van der Waals surface area contributed by atoms with Crippen LogP contribution in [0.1, 0.15) is 23.4 Å². The number of hydrogen-bond acceptors (Lipinski definition) is 3. The van der Waals surface area contributed by atoms with E-state index >= 15 is 0 Å². The fraction of sp³-hybridized carbons (Fsp3) is 0.333. The highest BCUT2D eigenvalue weighted by Crippen LogP contribution is 2.28. The molecule has 1 heterocycles. The summed E-state index contributed by atoms with van der Waals surface area (Å²) in [4.78, 5) is 3.80. The highest BCUT2D eigenvalue weighted by Gasteiger charge is 2.20. The van der Waals surface area contributed by atoms with Crippen LogP contribution in [0.5, 0.6) is 0 Å². The first-order valence-electron chi connectivity index (χ1n) is 6.47. The molecule has 0 aliphatic rings. The molecule has 1 aromatic heterocycles. The topological polar surface area (TPSA) is 29.3 Å². The third-order valence-corrected chi connectivity index (χ3v) is 4.86. The summed E-state index contributed by atoms with van der Waals surface area (Å²) in [6, 6.07) is 12.9. The molecule has 1 atom stereocenters. The van der Waals surface area contributed by atoms with Crippen molar-refractivity contribution in [2.45, 2.75) is 19.5 Å². The smallest absolute Gasteiger partial charge is 0.0485 e. The Hall–Kier alpha value is -0.680. The molecule has 0 aliphatic heterocycles. The van der Waals surface area contributed by atoms with Crippen molar-refractivity contribution in [3.63, 3.8) is 0 Å². The summed E-state index contributed by atoms with van der Waals surface area (Å²) in [5, 5.41) is 2.12. The molecule has 1 unspecified atom stereocenters. The first-order chi connectivity index (χ1) is 9.26. The van der Waals surface area contributed by atoms with Gasteiger partial charge in [0.25, 0.3) is 0 Å². The highest BCUT2D eigenvalue weighted by molar-refractivity contribution is 9.10. The maximum atomic E-state index is 6.02. The van der Waals surface area contributed by atoms with Crippen molar-refractivity contribution < 1.29 is 0 Å². The van der Waals surface area contributed by atoms with Crippen LogP contribution in [0.3, 0.4) is 0 Å². The van der Waals surface area contributed by atoms with Crippen molar-refractivity contribution in [2.75, 3.05) is 13.1 Å². The van der Waals surface area contributed by atoms with Crippen LogP contribution in [0.15, 0.2) is 46.3 Å². The number of rotatable bonds is 6. The predicted molar refractivity (Wildman–Crippen MR) is 86.3 cm³/mol. The molecule has 0 saturated heterocycles. The number of likely N-dealkylation sites (N-methyl/N-ethyl adjacent to an activating group) is 1. The maximum Gasteiger partial charge on any atom is 0.0485 e. The van der Waals surface area contributed by atoms with Gasteiger partial charge in [-0.2, -0.15) is 0 Å². The summed E-state index contributed by atoms with van der Waals surface area (Å²) in [6.07, 6.45) is 0. The first-order valence-corrected chi connectivity index (χ1v) is 8.14. The van der Waals surface area contributed by atoms with Gasteiger partial charge in [0.05, 0.1) is 0 Å². The van der Waals surface area contributed by atoms with Crippen LogP contribution in [0.2, 0.25) is 0 Å². The summed E-state index contributed by atoms with van der Waals surface area (Å²) >= 11 is 5.43. The zero-order valence-corrected chi connectivity index (χ0v) is 13.5. The normalized spacial score (nSPS) is 12.8. The van der Waals surface area contributed by atoms with E-state index in [0.717, 1.165) is 17.6 Å². The SMILES string of the molecule is CCN(Cc1cccs1)C(CN)c1ccccc1Br. The maximum absolute atomic E-state index is 6.02. The average molecular weight is 339 g/mol. The van der Waals surface area contributed by atoms with Crippen molar-refractivity contribution in [1.29, 1.82) is 0 Å². The molecule has 102 valence electrons. The Morgan fingerprint density at radius 3 is 2.63 bits per heavy atom. The number of nitrogens with zero attached hydrogens (tertiary/aromatic N) is 1. The van der Waals surface area contributed by atoms with Gasteiger partial charge in [-0.1, -0.05) is 47.1 Å². The van der Waals surface area contributed by atoms with Gasteiger partial charge >= 0.3 is 0 Å². The van der Waals surface area contributed by atoms with Crippen molar-refractivity contribution in [1.82, 2.24) is 4.90 Å². The Morgan fingerprint density at radius 2 is 2.05 bits per heavy atom. The van der Waals surface area contributed by atoms with Crippen LogP contribution in [0, 0.1) is 0 Å². The van der Waals surface area contributed by atoms with Crippen molar-refractivity contribution in [3.05, 3.63) is 56.7 Å². The lowest BCUT2D eigenvalue weighted by Crippen LogP contribution is -2.33. The molecule has 0 saturated carbocycles. The molecule has 0 spiro atoms. The Morgan fingerprint density at radius 1 is 1.26 bits per heavy atom. The van der Waals surface area contributed by atoms with Gasteiger partial charge < -0.3 is 5.73 Å². The average Bonchev–Trinajstić information content (AvgIpc) is 2.93. The Bertz CT molecular complexity index is 499. The van der Waals surface area contributed by atoms with Crippen molar-refractivity contribution in [3.8, 4) is 0 Å². The van der Waals surface area contributed by atoms with E-state index in [4.69, 9.17) is 5.73 Å². The van der Waals surface area contributed by atoms with Crippen LogP contribution in [0.25, 0.3) is 0 Å². The molecule has 1 aromatic carbocycles. The molecule has 2 N–H and O–H groups in total. The molecule has 4 heteroatoms. The molecule has 0 bridgehead atoms. The van der Waals surface area contributed by atoms with Crippen LogP contribution in [0.4, 0.5) is 0 Å². The molecule has 19 heavy (non-hydrogen) atoms. The van der Waals surface area contributed by atoms with E-state index in [1.165, 1.54) is 10.4 Å². The molecule has 2 nitrogen and oxygen atoms in total. The number of thiophene rings is 1. The molecule has 0 amide bonds. The van der Waals surface area contributed by atoms with Crippen LogP contribution >= 0.6 is 27.3 Å². The lowest BCUT2D eigenvalue weighted by atomic mass is 10.1. The summed E-state index contributed by atoms with van der Waals surface area (Å²) in [5.41, 5.74) is 7.29. The fourth-order valence-electron chi connectivity index (χ4n) is 2.26. The fourth-order valence-corrected chi connectivity index (χ4v) is 3.54. The molecule has 2 aromatic rings. The molecule has 2 rings (SSSR count). The van der Waals surface area contributed by atoms with Crippen molar-refractivity contribution in [2.24, 2.45) is 5.73 Å². The van der Waals surface area contributed by atoms with Gasteiger partial charge in [0, 0.05) is 28.5 Å². The minimum Gasteiger partial charge on any atom is -0.329 e. The number of nitrogens with two attached hydrogens (primary N) is 1. The monoisotopic (exact) mass is 338 g/mol. The third-order valence-electron chi connectivity index (χ3n) is 3.27. The summed E-state index contributed by atoms with van der Waals surface area (Å²) < 4.78 is 1.13. The number of benzene rings is 1. The lowest BCUT2D eigenvalue weighted by molar-refractivity contribution is 0.204. The zero-order chi connectivity index (χ0) is 13.7. The van der Waals surface area contributed by atoms with Gasteiger partial charge in [-0.05, 0) is 29.6 Å². The van der Waals surface area contributed by atoms with Gasteiger partial charge in [-0.15, -0.1) is 11.3 Å². The van der Waals surface area contributed by atoms with Crippen LogP contribution in [-0.4, -0.2) is 18.0 Å². The highest BCUT2D eigenvalue weighted by atomic mass is 79.9. The second kappa shape index (κ2) is 7.20. The second-order valence-electron chi connectivity index (χ2n) is 4.42. The summed E-state index contributed by atoms with van der Waals surface area (Å²) in [6.45, 7) is 4.76. The minimum atomic E-state index is 0.252. The second-order valence-corrected chi connectivity index (χ2v) is 6.30. The van der Waals surface area contributed by atoms with Gasteiger partial charge in [-0.3, -0.25) is 4.90 Å². The molecule has 0 radical (unpaired) electrons. The number of halogens is 1. The molecular formula is C15H19BrN2S. The van der Waals surface area contributed by atoms with E-state index in [-0.39, 0.29) is 6.04 Å². The predicted octanol–water partition coefficient (Wildman–Crippen LogP) is 4.03. The quantitative estimate of drug-likeness (QED) is 0.861. The molecule has 0 fully saturated rings. The minimum absolute atomic E-state index is 0.252. The van der Waals surface area contributed by atoms with Gasteiger partial charge in [0.1, 0.15) is 0 Å². The van der Waals surface area contributed by atoms with Gasteiger partial charge in [0.2, 0.25) is 0 Å². The van der Waals surface area contributed by atoms with Gasteiger partial charge in [0.15, 0.2) is 0 Å². The summed E-state index contributed by atoms with van der Waals surface area (Å²) in [5.74, 6) is 0. The standard InChI is InChI=1S/C15H19BrN2S/c1-2-18(11-12-6-5-9-19-12)15(10-17)13-7-3-4-8-14(13)16/h3-9,15H,2,10-11,17H2,1H3. The van der Waals surface area contributed by atoms with E-state index < -0.39 is 0 Å². The van der Waals surface area contributed by atoms with Crippen molar-refractivity contribution >= 4 is 27.3 Å². The van der Waals surface area contributed by atoms with E-state index in [2.05, 4.69) is 63.5 Å². The van der Waals surface area contributed by atoms with E-state index in [9.17, 15) is 0 Å². The largest absolute Gasteiger partial charge is 0.329 e. The molecular weight excluding hydrogens is 320 g/mol. The van der Waals surface area contributed by atoms with E-state index in [0.29, 0.717) is 6.54 Å². The van der Waals surface area contributed by atoms with Crippen LogP contribution in [-0.2, 0) is 6.54 Å². The zero-order valence-electron chi connectivity index (χ0n) is 11.1. The van der Waals surface area contributed by atoms with Crippen LogP contribution < -0.4 is 5.73 Å². The van der Waals surface area contributed by atoms with E-state index in [1.807, 2.05) is 6.07 Å². The Kier molecular flexibility index (Phi) is 5.58. The first kappa shape index (κ1) is 14.7. The van der Waals surface area contributed by atoms with E-state index in [1.54, 1.807) is 11.3 Å². The molecule has 0 aliphatic carbocycles. The Labute approximate surface area is 127 Å². The third kappa shape index (κ3) is 3.66. The lowest BCUT2D eigenvalue weighted by Gasteiger charge is -2.30.